The molecule has 13 heavy (non-hydrogen) atoms. The summed E-state index contributed by atoms with van der Waals surface area (Å²) in [7, 11) is 0. The van der Waals surface area contributed by atoms with E-state index in [4.69, 9.17) is 0 Å². The third kappa shape index (κ3) is 1.56. The number of halogens is 2. The number of rotatable bonds is 0. The molecule has 1 N–H and O–H groups in total. The molecule has 1 heterocycles. The molecular formula is C9H8F2OS. The lowest BCUT2D eigenvalue weighted by atomic mass is 10.0. The Morgan fingerprint density at radius 1 is 1.38 bits per heavy atom. The normalized spacial score (nSPS) is 21.3. The second kappa shape index (κ2) is 3.27. The predicted octanol–water partition coefficient (Wildman–Crippen LogP) is 2.25. The van der Waals surface area contributed by atoms with E-state index in [0.717, 1.165) is 6.07 Å². The Labute approximate surface area is 78.8 Å². The summed E-state index contributed by atoms with van der Waals surface area (Å²) in [6, 6.07) is 2.07. The average Bonchev–Trinajstić information content (AvgIpc) is 2.07. The molecule has 0 bridgehead atoms. The van der Waals surface area contributed by atoms with E-state index < -0.39 is 17.7 Å². The Balaban J connectivity index is 2.56. The first-order chi connectivity index (χ1) is 6.18. The molecule has 4 heteroatoms. The standard InChI is InChI=1S/C9H8F2OS/c10-5-1-6-7(8(11)2-5)3-13-4-9(6)12/h1-2,9,12H,3-4H2/t9-/m0/s1. The Kier molecular flexibility index (Phi) is 2.26. The summed E-state index contributed by atoms with van der Waals surface area (Å²) in [5.41, 5.74) is 0.835. The summed E-state index contributed by atoms with van der Waals surface area (Å²) in [4.78, 5) is 0. The van der Waals surface area contributed by atoms with Gasteiger partial charge in [0.15, 0.2) is 0 Å². The number of benzene rings is 1. The van der Waals surface area contributed by atoms with Gasteiger partial charge in [-0.3, -0.25) is 0 Å². The molecular weight excluding hydrogens is 194 g/mol. The fourth-order valence-electron chi connectivity index (χ4n) is 1.44. The molecule has 0 aliphatic carbocycles. The van der Waals surface area contributed by atoms with Gasteiger partial charge in [0.1, 0.15) is 11.6 Å². The van der Waals surface area contributed by atoms with E-state index in [1.165, 1.54) is 17.8 Å². The van der Waals surface area contributed by atoms with Gasteiger partial charge in [-0.05, 0) is 11.6 Å². The Morgan fingerprint density at radius 3 is 2.92 bits per heavy atom. The Bertz CT molecular complexity index is 341. The highest BCUT2D eigenvalue weighted by Gasteiger charge is 2.22. The van der Waals surface area contributed by atoms with Gasteiger partial charge < -0.3 is 5.11 Å². The largest absolute Gasteiger partial charge is 0.388 e. The van der Waals surface area contributed by atoms with E-state index in [1.807, 2.05) is 0 Å². The molecule has 1 aliphatic rings. The minimum atomic E-state index is -0.737. The van der Waals surface area contributed by atoms with Crippen LogP contribution in [0.25, 0.3) is 0 Å². The zero-order valence-corrected chi connectivity index (χ0v) is 7.57. The number of fused-ring (bicyclic) bond motifs is 1. The molecule has 1 aromatic rings. The van der Waals surface area contributed by atoms with E-state index >= 15 is 0 Å². The van der Waals surface area contributed by atoms with Crippen molar-refractivity contribution in [2.75, 3.05) is 5.75 Å². The third-order valence-corrected chi connectivity index (χ3v) is 3.12. The van der Waals surface area contributed by atoms with Crippen LogP contribution in [0.5, 0.6) is 0 Å². The van der Waals surface area contributed by atoms with Gasteiger partial charge >= 0.3 is 0 Å². The van der Waals surface area contributed by atoms with Crippen molar-refractivity contribution in [3.63, 3.8) is 0 Å². The van der Waals surface area contributed by atoms with Crippen LogP contribution in [0.4, 0.5) is 8.78 Å². The van der Waals surface area contributed by atoms with Crippen molar-refractivity contribution in [2.45, 2.75) is 11.9 Å². The van der Waals surface area contributed by atoms with E-state index in [1.54, 1.807) is 0 Å². The number of thioether (sulfide) groups is 1. The topological polar surface area (TPSA) is 20.2 Å². The number of aliphatic hydroxyl groups excluding tert-OH is 1. The Morgan fingerprint density at radius 2 is 2.15 bits per heavy atom. The summed E-state index contributed by atoms with van der Waals surface area (Å²) in [5.74, 6) is -0.155. The second-order valence-corrected chi connectivity index (χ2v) is 4.02. The fraction of sp³-hybridized carbons (Fsp3) is 0.333. The highest BCUT2D eigenvalue weighted by molar-refractivity contribution is 7.98. The molecule has 0 spiro atoms. The molecule has 0 amide bonds. The van der Waals surface area contributed by atoms with Crippen LogP contribution in [0.3, 0.4) is 0 Å². The lowest BCUT2D eigenvalue weighted by Crippen LogP contribution is -2.12. The molecule has 1 aromatic carbocycles. The van der Waals surface area contributed by atoms with Gasteiger partial charge in [-0.15, -0.1) is 0 Å². The minimum Gasteiger partial charge on any atom is -0.388 e. The molecule has 0 fully saturated rings. The third-order valence-electron chi connectivity index (χ3n) is 2.08. The van der Waals surface area contributed by atoms with Crippen molar-refractivity contribution in [1.29, 1.82) is 0 Å². The van der Waals surface area contributed by atoms with Crippen molar-refractivity contribution in [3.8, 4) is 0 Å². The monoisotopic (exact) mass is 202 g/mol. The molecule has 2 rings (SSSR count). The zero-order valence-electron chi connectivity index (χ0n) is 6.76. The molecule has 0 saturated heterocycles. The van der Waals surface area contributed by atoms with Crippen molar-refractivity contribution in [1.82, 2.24) is 0 Å². The molecule has 0 saturated carbocycles. The summed E-state index contributed by atoms with van der Waals surface area (Å²) in [5, 5.41) is 9.46. The average molecular weight is 202 g/mol. The molecule has 1 aliphatic heterocycles. The summed E-state index contributed by atoms with van der Waals surface area (Å²) < 4.78 is 25.9. The fourth-order valence-corrected chi connectivity index (χ4v) is 2.46. The van der Waals surface area contributed by atoms with E-state index in [0.29, 0.717) is 22.6 Å². The van der Waals surface area contributed by atoms with Crippen LogP contribution in [0, 0.1) is 11.6 Å². The van der Waals surface area contributed by atoms with Gasteiger partial charge in [0.05, 0.1) is 6.10 Å². The molecule has 1 nitrogen and oxygen atoms in total. The maximum Gasteiger partial charge on any atom is 0.130 e. The predicted molar refractivity (Wildman–Crippen MR) is 47.5 cm³/mol. The van der Waals surface area contributed by atoms with E-state index in [9.17, 15) is 13.9 Å². The highest BCUT2D eigenvalue weighted by atomic mass is 32.2. The molecule has 1 atom stereocenters. The minimum absolute atomic E-state index is 0.399. The van der Waals surface area contributed by atoms with Crippen molar-refractivity contribution in [3.05, 3.63) is 34.9 Å². The number of hydrogen-bond acceptors (Lipinski definition) is 2. The molecule has 0 aromatic heterocycles. The van der Waals surface area contributed by atoms with Gasteiger partial charge in [0, 0.05) is 23.1 Å². The van der Waals surface area contributed by atoms with Crippen molar-refractivity contribution in [2.24, 2.45) is 0 Å². The van der Waals surface area contributed by atoms with Crippen LogP contribution < -0.4 is 0 Å². The first-order valence-electron chi connectivity index (χ1n) is 3.92. The smallest absolute Gasteiger partial charge is 0.130 e. The maximum absolute atomic E-state index is 13.1. The van der Waals surface area contributed by atoms with Crippen molar-refractivity contribution < 1.29 is 13.9 Å². The van der Waals surface area contributed by atoms with Crippen LogP contribution in [-0.4, -0.2) is 10.9 Å². The van der Waals surface area contributed by atoms with Crippen LogP contribution in [0.15, 0.2) is 12.1 Å². The Hall–Kier alpha value is -0.610. The van der Waals surface area contributed by atoms with E-state index in [-0.39, 0.29) is 0 Å². The van der Waals surface area contributed by atoms with Gasteiger partial charge in [0.25, 0.3) is 0 Å². The lowest BCUT2D eigenvalue weighted by Gasteiger charge is -2.21. The van der Waals surface area contributed by atoms with Crippen LogP contribution in [0.2, 0.25) is 0 Å². The highest BCUT2D eigenvalue weighted by Crippen LogP contribution is 2.33. The van der Waals surface area contributed by atoms with Gasteiger partial charge in [-0.25, -0.2) is 8.78 Å². The molecule has 70 valence electrons. The van der Waals surface area contributed by atoms with Crippen LogP contribution >= 0.6 is 11.8 Å². The van der Waals surface area contributed by atoms with Gasteiger partial charge in [0.2, 0.25) is 0 Å². The van der Waals surface area contributed by atoms with Gasteiger partial charge in [-0.2, -0.15) is 11.8 Å². The quantitative estimate of drug-likeness (QED) is 0.696. The summed E-state index contributed by atoms with van der Waals surface area (Å²) in [6.07, 6.45) is -0.737. The van der Waals surface area contributed by atoms with E-state index in [2.05, 4.69) is 0 Å². The summed E-state index contributed by atoms with van der Waals surface area (Å²) in [6.45, 7) is 0. The maximum atomic E-state index is 13.1. The molecule has 0 unspecified atom stereocenters. The second-order valence-electron chi connectivity index (χ2n) is 2.99. The van der Waals surface area contributed by atoms with Crippen LogP contribution in [0.1, 0.15) is 17.2 Å². The summed E-state index contributed by atoms with van der Waals surface area (Å²) >= 11 is 1.45. The van der Waals surface area contributed by atoms with Crippen LogP contribution in [-0.2, 0) is 5.75 Å². The SMILES string of the molecule is O[C@H]1CSCc2c(F)cc(F)cc21. The molecule has 0 radical (unpaired) electrons. The van der Waals surface area contributed by atoms with Gasteiger partial charge in [-0.1, -0.05) is 0 Å². The number of hydrogen-bond donors (Lipinski definition) is 1. The lowest BCUT2D eigenvalue weighted by molar-refractivity contribution is 0.200. The van der Waals surface area contributed by atoms with Crippen molar-refractivity contribution >= 4 is 11.8 Å². The number of aliphatic hydroxyl groups is 1. The first kappa shape index (κ1) is 8.97. The zero-order chi connectivity index (χ0) is 9.42. The first-order valence-corrected chi connectivity index (χ1v) is 5.07.